The molecule has 1 fully saturated rings. The number of aliphatic hydroxyl groups is 3. The van der Waals surface area contributed by atoms with Crippen LogP contribution in [-0.4, -0.2) is 83.9 Å². The van der Waals surface area contributed by atoms with Gasteiger partial charge >= 0.3 is 11.7 Å². The Balaban J connectivity index is 2.50. The summed E-state index contributed by atoms with van der Waals surface area (Å²) < 4.78 is 27.3. The monoisotopic (exact) mass is 443 g/mol. The number of hydrogen-bond donors (Lipinski definition) is 5. The van der Waals surface area contributed by atoms with Crippen LogP contribution >= 0.6 is 12.2 Å². The fourth-order valence-electron chi connectivity index (χ4n) is 3.20. The van der Waals surface area contributed by atoms with Gasteiger partial charge < -0.3 is 30.5 Å². The van der Waals surface area contributed by atoms with Crippen LogP contribution in [0.2, 0.25) is 0 Å². The highest BCUT2D eigenvalue weighted by molar-refractivity contribution is 7.71. The molecule has 0 unspecified atom stereocenters. The maximum absolute atomic E-state index is 16.0. The summed E-state index contributed by atoms with van der Waals surface area (Å²) in [5.74, 6) is -4.33. The molecule has 0 aliphatic carbocycles. The molecular formula is C15H25B3FN3O7S. The predicted octanol–water partition coefficient (Wildman–Crippen LogP) is -4.49. The molecule has 1 saturated heterocycles. The van der Waals surface area contributed by atoms with E-state index in [2.05, 4.69) is 4.98 Å². The highest BCUT2D eigenvalue weighted by Crippen LogP contribution is 2.45. The molecule has 2 rings (SSSR count). The van der Waals surface area contributed by atoms with Crippen LogP contribution in [0.25, 0.3) is 0 Å². The van der Waals surface area contributed by atoms with Gasteiger partial charge in [0, 0.05) is 11.8 Å². The lowest BCUT2D eigenvalue weighted by Gasteiger charge is -2.40. The molecule has 0 saturated carbocycles. The van der Waals surface area contributed by atoms with Gasteiger partial charge in [0.2, 0.25) is 0 Å². The number of aliphatic hydroxyl groups excluding tert-OH is 3. The third-order valence-electron chi connectivity index (χ3n) is 5.42. The fraction of sp³-hybridized carbons (Fsp3) is 0.667. The van der Waals surface area contributed by atoms with Gasteiger partial charge in [-0.15, -0.1) is 0 Å². The van der Waals surface area contributed by atoms with Gasteiger partial charge in [-0.1, -0.05) is 26.1 Å². The number of nitrogens with one attached hydrogen (secondary N) is 1. The number of esters is 1. The van der Waals surface area contributed by atoms with Gasteiger partial charge in [0.1, 0.15) is 33.9 Å². The van der Waals surface area contributed by atoms with Crippen LogP contribution in [0, 0.1) is 10.6 Å². The summed E-state index contributed by atoms with van der Waals surface area (Å²) in [4.78, 5) is 27.0. The third kappa shape index (κ3) is 3.89. The average Bonchev–Trinajstić information content (AvgIpc) is 2.82. The summed E-state index contributed by atoms with van der Waals surface area (Å²) in [7, 11) is 3.47. The molecular weight excluding hydrogens is 418 g/mol. The van der Waals surface area contributed by atoms with Crippen molar-refractivity contribution in [2.24, 2.45) is 11.7 Å². The van der Waals surface area contributed by atoms with E-state index in [4.69, 9.17) is 27.4 Å². The Hall–Kier alpha value is -1.51. The zero-order valence-corrected chi connectivity index (χ0v) is 18.2. The van der Waals surface area contributed by atoms with E-state index >= 15 is 4.39 Å². The zero-order valence-electron chi connectivity index (χ0n) is 17.4. The summed E-state index contributed by atoms with van der Waals surface area (Å²) in [5.41, 5.74) is 2.87. The Kier molecular flexibility index (Phi) is 6.77. The van der Waals surface area contributed by atoms with Gasteiger partial charge in [-0.2, -0.15) is 0 Å². The minimum atomic E-state index is -3.11. The zero-order chi connectivity index (χ0) is 23.2. The average molecular weight is 443 g/mol. The first kappa shape index (κ1) is 24.8. The van der Waals surface area contributed by atoms with Crippen molar-refractivity contribution in [3.05, 3.63) is 26.9 Å². The first-order valence-electron chi connectivity index (χ1n) is 9.32. The Bertz CT molecular complexity index is 945. The number of ether oxygens (including phenoxy) is 2. The summed E-state index contributed by atoms with van der Waals surface area (Å²) in [6, 6.07) is -1.05. The van der Waals surface area contributed by atoms with E-state index in [9.17, 15) is 24.9 Å². The molecule has 0 radical (unpaired) electrons. The quantitative estimate of drug-likeness (QED) is 0.166. The third-order valence-corrected chi connectivity index (χ3v) is 5.78. The fourth-order valence-corrected chi connectivity index (χ4v) is 3.41. The van der Waals surface area contributed by atoms with Crippen molar-refractivity contribution >= 4 is 41.7 Å². The highest BCUT2D eigenvalue weighted by atomic mass is 32.1. The lowest BCUT2D eigenvalue weighted by molar-refractivity contribution is -0.250. The van der Waals surface area contributed by atoms with Crippen LogP contribution in [0.3, 0.4) is 0 Å². The van der Waals surface area contributed by atoms with E-state index in [0.717, 1.165) is 26.5 Å². The molecule has 10 nitrogen and oxygen atoms in total. The van der Waals surface area contributed by atoms with E-state index < -0.39 is 53.4 Å². The van der Waals surface area contributed by atoms with Gasteiger partial charge in [-0.05, 0) is 5.92 Å². The number of carbonyl (C=O) groups excluding carboxylic acids is 1. The van der Waals surface area contributed by atoms with Gasteiger partial charge in [-0.3, -0.25) is 14.3 Å². The number of aromatic nitrogens is 2. The van der Waals surface area contributed by atoms with Gasteiger partial charge in [0.15, 0.2) is 23.5 Å². The maximum Gasteiger partial charge on any atom is 0.328 e. The number of nitrogens with two attached hydrogens (primary N) is 1. The Morgan fingerprint density at radius 2 is 2.07 bits per heavy atom. The van der Waals surface area contributed by atoms with Gasteiger partial charge in [0.05, 0.1) is 6.61 Å². The molecule has 2 heterocycles. The van der Waals surface area contributed by atoms with Crippen molar-refractivity contribution in [1.82, 2.24) is 9.55 Å². The molecule has 1 aromatic heterocycles. The van der Waals surface area contributed by atoms with Crippen LogP contribution in [0.15, 0.2) is 11.0 Å². The maximum atomic E-state index is 16.0. The van der Waals surface area contributed by atoms with Crippen LogP contribution in [0.4, 0.5) is 4.39 Å². The number of alkyl halides is 1. The van der Waals surface area contributed by atoms with Crippen LogP contribution < -0.4 is 11.4 Å². The second kappa shape index (κ2) is 8.21. The van der Waals surface area contributed by atoms with Crippen molar-refractivity contribution in [2.75, 3.05) is 0 Å². The molecule has 6 N–H and O–H groups in total. The van der Waals surface area contributed by atoms with Crippen molar-refractivity contribution in [1.29, 1.82) is 0 Å². The number of aromatic amines is 1. The minimum Gasteiger partial charge on any atom is -0.471 e. The molecule has 0 bridgehead atoms. The standard InChI is InChI=1S/C15H25B3FN3O7S/c1-5(2)7(20)11(26)28-15(17,18)13(19)8(24)9(25)14(16,29-13)22-3-6(4-23)10(30)21-12(22)27/h3,5,7-9,23-25H,4,16-18,20H2,1-2H3,(H,21,27,30)/t7-,8-,9+,13-,14-/m0/s1. The van der Waals surface area contributed by atoms with Gasteiger partial charge in [0.25, 0.3) is 5.85 Å². The summed E-state index contributed by atoms with van der Waals surface area (Å²) in [6.07, 6.45) is -3.06. The molecule has 15 heteroatoms. The van der Waals surface area contributed by atoms with Crippen molar-refractivity contribution in [3.8, 4) is 0 Å². The minimum absolute atomic E-state index is 0.0428. The molecule has 1 aliphatic heterocycles. The van der Waals surface area contributed by atoms with E-state index in [1.54, 1.807) is 13.8 Å². The van der Waals surface area contributed by atoms with E-state index in [-0.39, 0.29) is 16.1 Å². The number of H-pyrrole nitrogens is 1. The van der Waals surface area contributed by atoms with Gasteiger partial charge in [-0.25, -0.2) is 9.18 Å². The smallest absolute Gasteiger partial charge is 0.328 e. The number of hydrogen-bond acceptors (Lipinski definition) is 9. The molecule has 0 aromatic carbocycles. The number of carbonyl (C=O) groups is 1. The summed E-state index contributed by atoms with van der Waals surface area (Å²) in [6.45, 7) is 2.81. The Morgan fingerprint density at radius 1 is 1.50 bits per heavy atom. The first-order valence-corrected chi connectivity index (χ1v) is 9.73. The van der Waals surface area contributed by atoms with Crippen LogP contribution in [-0.2, 0) is 26.5 Å². The number of halogens is 1. The highest BCUT2D eigenvalue weighted by Gasteiger charge is 2.68. The predicted molar refractivity (Wildman–Crippen MR) is 114 cm³/mol. The number of nitrogens with zero attached hydrogens (tertiary/aromatic N) is 1. The Morgan fingerprint density at radius 3 is 2.57 bits per heavy atom. The van der Waals surface area contributed by atoms with E-state index in [1.807, 2.05) is 0 Å². The largest absolute Gasteiger partial charge is 0.471 e. The number of rotatable bonds is 6. The lowest BCUT2D eigenvalue weighted by Crippen LogP contribution is -2.62. The SMILES string of the molecule is BC(B)(OC(=O)[C@@H](N)C(C)C)[C@@]1(F)O[C@@](B)(n2cc(CO)c(=S)[nH]c2=O)[C@H](O)[C@@H]1O. The van der Waals surface area contributed by atoms with Crippen molar-refractivity contribution < 1.29 is 34.0 Å². The van der Waals surface area contributed by atoms with Crippen LogP contribution in [0.5, 0.6) is 0 Å². The molecule has 0 amide bonds. The molecule has 164 valence electrons. The summed E-state index contributed by atoms with van der Waals surface area (Å²) in [5, 5.41) is 28.4. The Labute approximate surface area is 179 Å². The molecule has 0 spiro atoms. The first-order chi connectivity index (χ1) is 13.6. The molecule has 30 heavy (non-hydrogen) atoms. The normalized spacial score (nSPS) is 30.4. The van der Waals surface area contributed by atoms with Crippen molar-refractivity contribution in [2.45, 2.75) is 55.6 Å². The molecule has 1 aliphatic rings. The van der Waals surface area contributed by atoms with Crippen molar-refractivity contribution in [3.63, 3.8) is 0 Å². The van der Waals surface area contributed by atoms with E-state index in [0.29, 0.717) is 0 Å². The van der Waals surface area contributed by atoms with Crippen LogP contribution in [0.1, 0.15) is 19.4 Å². The summed E-state index contributed by atoms with van der Waals surface area (Å²) >= 11 is 4.93. The molecule has 5 atom stereocenters. The van der Waals surface area contributed by atoms with E-state index in [1.165, 1.54) is 7.85 Å². The lowest BCUT2D eigenvalue weighted by atomic mass is 9.59. The molecule has 1 aromatic rings. The topological polar surface area (TPSA) is 160 Å². The second-order valence-electron chi connectivity index (χ2n) is 8.33. The second-order valence-corrected chi connectivity index (χ2v) is 8.74.